The maximum absolute atomic E-state index is 12.6. The largest absolute Gasteiger partial charge is 0.480 e. The second-order valence-corrected chi connectivity index (χ2v) is 6.95. The average molecular weight is 398 g/mol. The number of carboxylic acids is 1. The molecule has 26 heavy (non-hydrogen) atoms. The standard InChI is InChI=1S/C17H17Cl2N3O4/c1-10-8-14(21-22(10)11-2-3-12(18)13(19)9-11)15(23)20-17(16(24)25)4-6-26-7-5-17/h2-3,8-9H,4-7H2,1H3,(H,20,23)(H,24,25). The number of aromatic nitrogens is 2. The van der Waals surface area contributed by atoms with Crippen LogP contribution in [-0.2, 0) is 9.53 Å². The van der Waals surface area contributed by atoms with Crippen LogP contribution in [0.5, 0.6) is 0 Å². The predicted molar refractivity (Wildman–Crippen MR) is 96.2 cm³/mol. The summed E-state index contributed by atoms with van der Waals surface area (Å²) in [6, 6.07) is 6.60. The third-order valence-corrected chi connectivity index (χ3v) is 5.12. The molecule has 0 bridgehead atoms. The molecule has 1 aromatic carbocycles. The van der Waals surface area contributed by atoms with Gasteiger partial charge in [-0.1, -0.05) is 23.2 Å². The number of amides is 1. The topological polar surface area (TPSA) is 93.5 Å². The number of benzene rings is 1. The first-order chi connectivity index (χ1) is 12.3. The Hall–Kier alpha value is -2.09. The molecule has 2 N–H and O–H groups in total. The van der Waals surface area contributed by atoms with E-state index >= 15 is 0 Å². The van der Waals surface area contributed by atoms with Gasteiger partial charge in [0.1, 0.15) is 5.54 Å². The smallest absolute Gasteiger partial charge is 0.329 e. The molecule has 1 aliphatic rings. The number of nitrogens with zero attached hydrogens (tertiary/aromatic N) is 2. The molecule has 9 heteroatoms. The minimum atomic E-state index is -1.34. The number of aliphatic carboxylic acids is 1. The average Bonchev–Trinajstić information content (AvgIpc) is 3.00. The summed E-state index contributed by atoms with van der Waals surface area (Å²) < 4.78 is 6.76. The number of carbonyl (C=O) groups excluding carboxylic acids is 1. The zero-order chi connectivity index (χ0) is 18.9. The molecule has 138 valence electrons. The monoisotopic (exact) mass is 397 g/mol. The van der Waals surface area contributed by atoms with Crippen molar-refractivity contribution in [1.82, 2.24) is 15.1 Å². The van der Waals surface area contributed by atoms with Crippen molar-refractivity contribution in [3.8, 4) is 5.69 Å². The second-order valence-electron chi connectivity index (χ2n) is 6.13. The lowest BCUT2D eigenvalue weighted by Crippen LogP contribution is -2.57. The Morgan fingerprint density at radius 3 is 2.54 bits per heavy atom. The minimum Gasteiger partial charge on any atom is -0.480 e. The number of carboxylic acid groups (broad SMARTS) is 1. The van der Waals surface area contributed by atoms with Crippen molar-refractivity contribution < 1.29 is 19.4 Å². The van der Waals surface area contributed by atoms with Gasteiger partial charge < -0.3 is 15.2 Å². The van der Waals surface area contributed by atoms with E-state index in [1.54, 1.807) is 35.9 Å². The van der Waals surface area contributed by atoms with Crippen molar-refractivity contribution in [1.29, 1.82) is 0 Å². The van der Waals surface area contributed by atoms with Crippen molar-refractivity contribution in [2.75, 3.05) is 13.2 Å². The number of ether oxygens (including phenoxy) is 1. The quantitative estimate of drug-likeness (QED) is 0.826. The van der Waals surface area contributed by atoms with Crippen molar-refractivity contribution in [2.45, 2.75) is 25.3 Å². The first-order valence-electron chi connectivity index (χ1n) is 7.98. The number of hydrogen-bond acceptors (Lipinski definition) is 4. The molecule has 1 amide bonds. The van der Waals surface area contributed by atoms with Crippen LogP contribution >= 0.6 is 23.2 Å². The van der Waals surface area contributed by atoms with Crippen LogP contribution in [-0.4, -0.2) is 45.5 Å². The van der Waals surface area contributed by atoms with Crippen LogP contribution in [0.4, 0.5) is 0 Å². The van der Waals surface area contributed by atoms with Gasteiger partial charge in [0.25, 0.3) is 5.91 Å². The minimum absolute atomic E-state index is 0.126. The molecule has 0 saturated carbocycles. The number of halogens is 2. The number of nitrogens with one attached hydrogen (secondary N) is 1. The molecule has 2 aromatic rings. The van der Waals surface area contributed by atoms with E-state index in [0.29, 0.717) is 21.4 Å². The van der Waals surface area contributed by atoms with Crippen LogP contribution in [0.25, 0.3) is 5.69 Å². The van der Waals surface area contributed by atoms with Gasteiger partial charge in [0.05, 0.1) is 15.7 Å². The first kappa shape index (κ1) is 18.7. The van der Waals surface area contributed by atoms with Gasteiger partial charge in [-0.25, -0.2) is 9.48 Å². The fraction of sp³-hybridized carbons (Fsp3) is 0.353. The molecule has 7 nitrogen and oxygen atoms in total. The van der Waals surface area contributed by atoms with E-state index in [1.165, 1.54) is 0 Å². The Kier molecular flexibility index (Phi) is 5.22. The highest BCUT2D eigenvalue weighted by atomic mass is 35.5. The van der Waals surface area contributed by atoms with E-state index in [2.05, 4.69) is 10.4 Å². The van der Waals surface area contributed by atoms with Crippen molar-refractivity contribution in [3.63, 3.8) is 0 Å². The highest BCUT2D eigenvalue weighted by Crippen LogP contribution is 2.25. The lowest BCUT2D eigenvalue weighted by atomic mass is 9.90. The molecule has 0 unspecified atom stereocenters. The molecule has 0 aliphatic carbocycles. The van der Waals surface area contributed by atoms with Crippen molar-refractivity contribution >= 4 is 35.1 Å². The molecule has 0 radical (unpaired) electrons. The van der Waals surface area contributed by atoms with Crippen molar-refractivity contribution in [2.24, 2.45) is 0 Å². The van der Waals surface area contributed by atoms with Gasteiger partial charge in [-0.2, -0.15) is 5.10 Å². The molecule has 0 spiro atoms. The molecule has 3 rings (SSSR count). The van der Waals surface area contributed by atoms with Crippen LogP contribution in [0.2, 0.25) is 10.0 Å². The van der Waals surface area contributed by atoms with E-state index in [0.717, 1.165) is 0 Å². The van der Waals surface area contributed by atoms with E-state index < -0.39 is 17.4 Å². The number of aryl methyl sites for hydroxylation is 1. The highest BCUT2D eigenvalue weighted by Gasteiger charge is 2.42. The first-order valence-corrected chi connectivity index (χ1v) is 8.74. The SMILES string of the molecule is Cc1cc(C(=O)NC2(C(=O)O)CCOCC2)nn1-c1ccc(Cl)c(Cl)c1. The van der Waals surface area contributed by atoms with Crippen LogP contribution in [0.1, 0.15) is 29.0 Å². The molecular weight excluding hydrogens is 381 g/mol. The second kappa shape index (κ2) is 7.26. The Balaban J connectivity index is 1.87. The van der Waals surface area contributed by atoms with Gasteiger partial charge in [0.2, 0.25) is 0 Å². The van der Waals surface area contributed by atoms with Crippen molar-refractivity contribution in [3.05, 3.63) is 45.7 Å². The molecule has 1 saturated heterocycles. The fourth-order valence-electron chi connectivity index (χ4n) is 2.86. The van der Waals surface area contributed by atoms with Crippen LogP contribution in [0, 0.1) is 6.92 Å². The van der Waals surface area contributed by atoms with Gasteiger partial charge in [0.15, 0.2) is 5.69 Å². The van der Waals surface area contributed by atoms with Gasteiger partial charge in [-0.3, -0.25) is 4.79 Å². The fourth-order valence-corrected chi connectivity index (χ4v) is 3.15. The lowest BCUT2D eigenvalue weighted by Gasteiger charge is -2.33. The summed E-state index contributed by atoms with van der Waals surface area (Å²) in [7, 11) is 0. The summed E-state index contributed by atoms with van der Waals surface area (Å²) >= 11 is 12.0. The number of rotatable bonds is 4. The molecule has 1 aromatic heterocycles. The van der Waals surface area contributed by atoms with Gasteiger partial charge in [0, 0.05) is 31.7 Å². The van der Waals surface area contributed by atoms with E-state index in [9.17, 15) is 14.7 Å². The molecule has 2 heterocycles. The lowest BCUT2D eigenvalue weighted by molar-refractivity contribution is -0.148. The highest BCUT2D eigenvalue weighted by molar-refractivity contribution is 6.42. The Labute approximate surface area is 159 Å². The Morgan fingerprint density at radius 1 is 1.23 bits per heavy atom. The maximum atomic E-state index is 12.6. The van der Waals surface area contributed by atoms with Gasteiger partial charge in [-0.05, 0) is 31.2 Å². The molecule has 0 atom stereocenters. The summed E-state index contributed by atoms with van der Waals surface area (Å²) in [4.78, 5) is 24.3. The zero-order valence-corrected chi connectivity index (χ0v) is 15.5. The Morgan fingerprint density at radius 2 is 1.92 bits per heavy atom. The van der Waals surface area contributed by atoms with Crippen LogP contribution in [0.15, 0.2) is 24.3 Å². The summed E-state index contributed by atoms with van der Waals surface area (Å²) in [6.07, 6.45) is 0.418. The van der Waals surface area contributed by atoms with Gasteiger partial charge >= 0.3 is 5.97 Å². The zero-order valence-electron chi connectivity index (χ0n) is 14.0. The van der Waals surface area contributed by atoms with Gasteiger partial charge in [-0.15, -0.1) is 0 Å². The normalized spacial score (nSPS) is 16.3. The summed E-state index contributed by atoms with van der Waals surface area (Å²) in [5.41, 5.74) is 0.136. The van der Waals surface area contributed by atoms with E-state index in [4.69, 9.17) is 27.9 Å². The molecule has 1 fully saturated rings. The third kappa shape index (κ3) is 3.56. The summed E-state index contributed by atoms with van der Waals surface area (Å²) in [5, 5.41) is 17.3. The number of carbonyl (C=O) groups is 2. The van der Waals surface area contributed by atoms with Crippen LogP contribution < -0.4 is 5.32 Å². The predicted octanol–water partition coefficient (Wildman–Crippen LogP) is 2.85. The third-order valence-electron chi connectivity index (χ3n) is 4.38. The van der Waals surface area contributed by atoms with E-state index in [1.807, 2.05) is 0 Å². The Bertz CT molecular complexity index is 860. The number of hydrogen-bond donors (Lipinski definition) is 2. The summed E-state index contributed by atoms with van der Waals surface area (Å²) in [5.74, 6) is -1.62. The van der Waals surface area contributed by atoms with Crippen LogP contribution in [0.3, 0.4) is 0 Å². The van der Waals surface area contributed by atoms with E-state index in [-0.39, 0.29) is 31.7 Å². The molecule has 1 aliphatic heterocycles. The maximum Gasteiger partial charge on any atom is 0.329 e. The summed E-state index contributed by atoms with van der Waals surface area (Å²) in [6.45, 7) is 2.35. The molecular formula is C17H17Cl2N3O4.